The molecule has 3 aliphatic rings. The first-order chi connectivity index (χ1) is 18.6. The van der Waals surface area contributed by atoms with Gasteiger partial charge in [-0.1, -0.05) is 48.5 Å². The maximum Gasteiger partial charge on any atom is 0.408 e. The van der Waals surface area contributed by atoms with Crippen molar-refractivity contribution in [2.24, 2.45) is 5.92 Å². The molecule has 2 N–H and O–H groups in total. The molecule has 0 saturated carbocycles. The van der Waals surface area contributed by atoms with Gasteiger partial charge in [-0.3, -0.25) is 4.79 Å². The lowest BCUT2D eigenvalue weighted by molar-refractivity contribution is -0.938. The second-order valence-electron chi connectivity index (χ2n) is 12.0. The van der Waals surface area contributed by atoms with Gasteiger partial charge in [-0.05, 0) is 32.4 Å². The summed E-state index contributed by atoms with van der Waals surface area (Å²) in [5.74, 6) is -0.0988. The first-order valence-corrected chi connectivity index (χ1v) is 13.8. The summed E-state index contributed by atoms with van der Waals surface area (Å²) < 4.78 is 12.2. The van der Waals surface area contributed by atoms with E-state index in [-0.39, 0.29) is 24.2 Å². The number of aromatic amines is 1. The van der Waals surface area contributed by atoms with Gasteiger partial charge in [0.2, 0.25) is 5.78 Å². The van der Waals surface area contributed by atoms with E-state index in [2.05, 4.69) is 10.3 Å². The molecule has 2 aromatic carbocycles. The molecule has 0 aliphatic carbocycles. The van der Waals surface area contributed by atoms with E-state index in [9.17, 15) is 14.4 Å². The van der Waals surface area contributed by atoms with Crippen LogP contribution in [0.15, 0.2) is 60.8 Å². The summed E-state index contributed by atoms with van der Waals surface area (Å²) in [4.78, 5) is 42.6. The molecule has 1 amide bonds. The number of nitrogens with one attached hydrogen (secondary N) is 2. The zero-order valence-corrected chi connectivity index (χ0v) is 22.9. The molecule has 2 bridgehead atoms. The van der Waals surface area contributed by atoms with Crippen molar-refractivity contribution in [2.75, 3.05) is 26.2 Å². The van der Waals surface area contributed by atoms with E-state index in [0.29, 0.717) is 23.1 Å². The largest absolute Gasteiger partial charge is 0.455 e. The summed E-state index contributed by atoms with van der Waals surface area (Å²) in [6.07, 6.45) is 3.00. The summed E-state index contributed by atoms with van der Waals surface area (Å²) in [5, 5.41) is 3.76. The second-order valence-corrected chi connectivity index (χ2v) is 12.0. The van der Waals surface area contributed by atoms with Crippen molar-refractivity contribution in [3.8, 4) is 0 Å². The van der Waals surface area contributed by atoms with Crippen LogP contribution in [0.2, 0.25) is 0 Å². The van der Waals surface area contributed by atoms with E-state index < -0.39 is 23.7 Å². The molecule has 3 aliphatic heterocycles. The van der Waals surface area contributed by atoms with E-state index >= 15 is 0 Å². The minimum atomic E-state index is -0.908. The number of carbonyl (C=O) groups excluding carboxylic acids is 3. The van der Waals surface area contributed by atoms with E-state index in [1.807, 2.05) is 60.8 Å². The van der Waals surface area contributed by atoms with Gasteiger partial charge in [0.1, 0.15) is 24.7 Å². The lowest BCUT2D eigenvalue weighted by atomic mass is 9.82. The smallest absolute Gasteiger partial charge is 0.408 e. The predicted octanol–water partition coefficient (Wildman–Crippen LogP) is 4.64. The minimum absolute atomic E-state index is 0.116. The van der Waals surface area contributed by atoms with Gasteiger partial charge < -0.3 is 24.3 Å². The number of esters is 1. The fraction of sp³-hybridized carbons (Fsp3) is 0.452. The Bertz CT molecular complexity index is 1340. The molecular formula is C31H38N3O5+. The number of hydrogen-bond acceptors (Lipinski definition) is 5. The van der Waals surface area contributed by atoms with Crippen molar-refractivity contribution < 1.29 is 28.3 Å². The van der Waals surface area contributed by atoms with Crippen molar-refractivity contribution in [2.45, 2.75) is 57.8 Å². The zero-order valence-electron chi connectivity index (χ0n) is 22.9. The third kappa shape index (κ3) is 6.33. The normalized spacial score (nSPS) is 23.3. The number of nitrogens with zero attached hydrogens (tertiary/aromatic N) is 1. The molecule has 1 aromatic heterocycles. The molecule has 2 atom stereocenters. The average Bonchev–Trinajstić information content (AvgIpc) is 3.31. The third-order valence-electron chi connectivity index (χ3n) is 7.96. The number of quaternary nitrogens is 1. The molecule has 39 heavy (non-hydrogen) atoms. The number of hydrogen-bond donors (Lipinski definition) is 2. The van der Waals surface area contributed by atoms with Crippen molar-refractivity contribution in [3.05, 3.63) is 71.9 Å². The number of ether oxygens (including phenoxy) is 2. The summed E-state index contributed by atoms with van der Waals surface area (Å²) in [6, 6.07) is 16.3. The van der Waals surface area contributed by atoms with Crippen LogP contribution in [0.3, 0.4) is 0 Å². The lowest BCUT2D eigenvalue weighted by Gasteiger charge is -2.51. The summed E-state index contributed by atoms with van der Waals surface area (Å²) >= 11 is 0. The maximum absolute atomic E-state index is 13.6. The number of ketones is 1. The quantitative estimate of drug-likeness (QED) is 0.250. The van der Waals surface area contributed by atoms with Crippen LogP contribution in [0.25, 0.3) is 10.9 Å². The van der Waals surface area contributed by atoms with Gasteiger partial charge in [-0.2, -0.15) is 0 Å². The van der Waals surface area contributed by atoms with Crippen molar-refractivity contribution in [3.63, 3.8) is 0 Å². The maximum atomic E-state index is 13.6. The molecule has 4 heterocycles. The number of piperidine rings is 3. The Kier molecular flexibility index (Phi) is 7.49. The molecule has 3 fully saturated rings. The first-order valence-electron chi connectivity index (χ1n) is 13.8. The third-order valence-corrected chi connectivity index (χ3v) is 7.96. The van der Waals surface area contributed by atoms with Gasteiger partial charge >= 0.3 is 12.1 Å². The van der Waals surface area contributed by atoms with Gasteiger partial charge in [0.25, 0.3) is 0 Å². The fourth-order valence-corrected chi connectivity index (χ4v) is 5.99. The van der Waals surface area contributed by atoms with Crippen LogP contribution in [-0.4, -0.2) is 71.2 Å². The number of alkyl carbamates (subject to hydrolysis) is 1. The van der Waals surface area contributed by atoms with Gasteiger partial charge in [0.15, 0.2) is 6.10 Å². The number of aromatic nitrogens is 1. The fourth-order valence-electron chi connectivity index (χ4n) is 5.99. The number of Topliss-reactive ketones (excluding diaryl/α,β-unsaturated/α-hetero) is 1. The highest BCUT2D eigenvalue weighted by Crippen LogP contribution is 2.36. The number of carbonyl (C=O) groups is 3. The van der Waals surface area contributed by atoms with Crippen molar-refractivity contribution >= 4 is 28.7 Å². The molecule has 8 nitrogen and oxygen atoms in total. The van der Waals surface area contributed by atoms with Crippen LogP contribution in [0.5, 0.6) is 0 Å². The van der Waals surface area contributed by atoms with Gasteiger partial charge in [-0.15, -0.1) is 0 Å². The van der Waals surface area contributed by atoms with Crippen LogP contribution in [0.1, 0.15) is 49.5 Å². The van der Waals surface area contributed by atoms with Crippen LogP contribution in [0, 0.1) is 5.92 Å². The number of benzene rings is 2. The summed E-state index contributed by atoms with van der Waals surface area (Å²) in [5.41, 5.74) is 1.89. The Hall–Kier alpha value is -3.65. The van der Waals surface area contributed by atoms with E-state index in [4.69, 9.17) is 9.47 Å². The zero-order chi connectivity index (χ0) is 27.6. The van der Waals surface area contributed by atoms with Crippen LogP contribution in [0.4, 0.5) is 4.79 Å². The summed E-state index contributed by atoms with van der Waals surface area (Å²) in [6.45, 7) is 8.19. The monoisotopic (exact) mass is 532 g/mol. The van der Waals surface area contributed by atoms with E-state index in [1.54, 1.807) is 20.8 Å². The number of amides is 1. The highest BCUT2D eigenvalue weighted by atomic mass is 16.6. The van der Waals surface area contributed by atoms with Crippen LogP contribution in [-0.2, 0) is 20.7 Å². The molecule has 0 radical (unpaired) electrons. The van der Waals surface area contributed by atoms with E-state index in [1.165, 1.54) is 0 Å². The molecule has 8 heteroatoms. The van der Waals surface area contributed by atoms with Gasteiger partial charge in [-0.25, -0.2) is 9.59 Å². The molecule has 2 unspecified atom stereocenters. The molecule has 3 aromatic rings. The first kappa shape index (κ1) is 26.9. The molecule has 0 spiro atoms. The summed E-state index contributed by atoms with van der Waals surface area (Å²) in [7, 11) is 0. The molecular weight excluding hydrogens is 494 g/mol. The highest BCUT2D eigenvalue weighted by Gasteiger charge is 2.49. The highest BCUT2D eigenvalue weighted by molar-refractivity contribution is 5.97. The Morgan fingerprint density at radius 3 is 2.44 bits per heavy atom. The molecule has 3 saturated heterocycles. The van der Waals surface area contributed by atoms with Crippen LogP contribution < -0.4 is 5.32 Å². The number of para-hydroxylation sites is 1. The SMILES string of the molecule is CC(C)(C)OC(=O)NC(Cc1c[nH]c2ccccc12)C(=O)OC1C[N+]2(CC(=O)c3ccccc3)CCC1CC2. The Balaban J connectivity index is 1.31. The lowest BCUT2D eigenvalue weighted by Crippen LogP contribution is -2.66. The van der Waals surface area contributed by atoms with Crippen molar-refractivity contribution in [1.29, 1.82) is 0 Å². The van der Waals surface area contributed by atoms with Crippen molar-refractivity contribution in [1.82, 2.24) is 10.3 Å². The van der Waals surface area contributed by atoms with Crippen LogP contribution >= 0.6 is 0 Å². The number of H-pyrrole nitrogens is 1. The predicted molar refractivity (Wildman–Crippen MR) is 148 cm³/mol. The topological polar surface area (TPSA) is 97.5 Å². The standard InChI is InChI=1S/C31H37N3O5/c1-31(2,3)39-30(37)33-26(17-23-18-32-25-12-8-7-11-24(23)25)29(36)38-28-20-34(15-13-22(28)14-16-34)19-27(35)21-9-5-4-6-10-21/h4-12,18,22,26,28,32H,13-17,19-20H2,1-3H3/p+1. The Labute approximate surface area is 229 Å². The average molecular weight is 533 g/mol. The van der Waals surface area contributed by atoms with Gasteiger partial charge in [0.05, 0.1) is 13.1 Å². The Morgan fingerprint density at radius 1 is 1.03 bits per heavy atom. The minimum Gasteiger partial charge on any atom is -0.455 e. The molecule has 6 rings (SSSR count). The number of fused-ring (bicyclic) bond motifs is 4. The molecule has 206 valence electrons. The van der Waals surface area contributed by atoms with E-state index in [0.717, 1.165) is 42.4 Å². The number of rotatable bonds is 8. The Morgan fingerprint density at radius 2 is 1.72 bits per heavy atom. The van der Waals surface area contributed by atoms with Gasteiger partial charge in [0, 0.05) is 47.8 Å². The second kappa shape index (κ2) is 10.8.